The van der Waals surface area contributed by atoms with Crippen LogP contribution in [-0.4, -0.2) is 10.5 Å². The van der Waals surface area contributed by atoms with Gasteiger partial charge in [-0.1, -0.05) is 13.3 Å². The first-order valence-corrected chi connectivity index (χ1v) is 6.39. The fraction of sp³-hybridized carbons (Fsp3) is 0.571. The van der Waals surface area contributed by atoms with Crippen LogP contribution in [-0.2, 0) is 6.42 Å². The average molecular weight is 250 g/mol. The minimum atomic E-state index is -0.337. The van der Waals surface area contributed by atoms with Crippen LogP contribution in [0.5, 0.6) is 0 Å². The molecule has 4 heteroatoms. The van der Waals surface area contributed by atoms with E-state index in [2.05, 4.69) is 33.0 Å². The molecule has 4 nitrogen and oxygen atoms in total. The summed E-state index contributed by atoms with van der Waals surface area (Å²) in [6.07, 6.45) is 2.99. The van der Waals surface area contributed by atoms with Crippen molar-refractivity contribution in [3.8, 4) is 0 Å². The zero-order chi connectivity index (χ0) is 13.8. The number of nitrogens with one attached hydrogen (secondary N) is 1. The van der Waals surface area contributed by atoms with Gasteiger partial charge in [0.25, 0.3) is 5.69 Å². The molecule has 0 aliphatic carbocycles. The molecule has 0 aliphatic rings. The van der Waals surface area contributed by atoms with E-state index in [1.165, 1.54) is 0 Å². The molecule has 0 unspecified atom stereocenters. The SMILES string of the molecule is CCCCc1cc([N+](=O)[O-])ccc1NC(C)(C)C. The summed E-state index contributed by atoms with van der Waals surface area (Å²) in [5.74, 6) is 0. The summed E-state index contributed by atoms with van der Waals surface area (Å²) in [7, 11) is 0. The molecule has 1 N–H and O–H groups in total. The van der Waals surface area contributed by atoms with Crippen molar-refractivity contribution >= 4 is 11.4 Å². The van der Waals surface area contributed by atoms with Gasteiger partial charge in [0, 0.05) is 23.4 Å². The summed E-state index contributed by atoms with van der Waals surface area (Å²) < 4.78 is 0. The molecule has 18 heavy (non-hydrogen) atoms. The highest BCUT2D eigenvalue weighted by Crippen LogP contribution is 2.26. The maximum Gasteiger partial charge on any atom is 0.269 e. The van der Waals surface area contributed by atoms with E-state index in [9.17, 15) is 10.1 Å². The van der Waals surface area contributed by atoms with Gasteiger partial charge in [0.2, 0.25) is 0 Å². The van der Waals surface area contributed by atoms with Crippen LogP contribution in [0.25, 0.3) is 0 Å². The maximum absolute atomic E-state index is 10.8. The summed E-state index contributed by atoms with van der Waals surface area (Å²) in [6, 6.07) is 5.06. The number of nitrogens with zero attached hydrogens (tertiary/aromatic N) is 1. The Hall–Kier alpha value is -1.58. The van der Waals surface area contributed by atoms with Gasteiger partial charge in [-0.3, -0.25) is 10.1 Å². The van der Waals surface area contributed by atoms with Gasteiger partial charge in [-0.25, -0.2) is 0 Å². The van der Waals surface area contributed by atoms with E-state index in [4.69, 9.17) is 0 Å². The van der Waals surface area contributed by atoms with Crippen molar-refractivity contribution in [3.63, 3.8) is 0 Å². The topological polar surface area (TPSA) is 55.2 Å². The van der Waals surface area contributed by atoms with Crippen molar-refractivity contribution < 1.29 is 4.92 Å². The monoisotopic (exact) mass is 250 g/mol. The van der Waals surface area contributed by atoms with Crippen LogP contribution in [0.2, 0.25) is 0 Å². The largest absolute Gasteiger partial charge is 0.380 e. The van der Waals surface area contributed by atoms with E-state index >= 15 is 0 Å². The van der Waals surface area contributed by atoms with Gasteiger partial charge in [-0.2, -0.15) is 0 Å². The van der Waals surface area contributed by atoms with Crippen LogP contribution in [0, 0.1) is 10.1 Å². The van der Waals surface area contributed by atoms with Gasteiger partial charge >= 0.3 is 0 Å². The lowest BCUT2D eigenvalue weighted by Gasteiger charge is -2.24. The first-order valence-electron chi connectivity index (χ1n) is 6.39. The summed E-state index contributed by atoms with van der Waals surface area (Å²) in [5.41, 5.74) is 2.15. The molecule has 0 saturated carbocycles. The Balaban J connectivity index is 3.04. The molecule has 0 atom stereocenters. The first kappa shape index (κ1) is 14.5. The summed E-state index contributed by atoms with van der Waals surface area (Å²) >= 11 is 0. The third-order valence-corrected chi connectivity index (χ3v) is 2.61. The van der Waals surface area contributed by atoms with Crippen molar-refractivity contribution in [2.45, 2.75) is 52.5 Å². The van der Waals surface area contributed by atoms with Gasteiger partial charge in [-0.15, -0.1) is 0 Å². The highest BCUT2D eigenvalue weighted by atomic mass is 16.6. The lowest BCUT2D eigenvalue weighted by atomic mass is 10.0. The maximum atomic E-state index is 10.8. The predicted octanol–water partition coefficient (Wildman–Crippen LogP) is 4.15. The third kappa shape index (κ3) is 4.35. The Morgan fingerprint density at radius 3 is 2.50 bits per heavy atom. The van der Waals surface area contributed by atoms with Crippen molar-refractivity contribution in [2.75, 3.05) is 5.32 Å². The Kier molecular flexibility index (Phi) is 4.70. The highest BCUT2D eigenvalue weighted by molar-refractivity contribution is 5.57. The van der Waals surface area contributed by atoms with Crippen molar-refractivity contribution in [3.05, 3.63) is 33.9 Å². The summed E-state index contributed by atoms with van der Waals surface area (Å²) in [5, 5.41) is 14.2. The molecular weight excluding hydrogens is 228 g/mol. The Bertz CT molecular complexity index is 422. The molecule has 0 aliphatic heterocycles. The Morgan fingerprint density at radius 1 is 1.33 bits per heavy atom. The van der Waals surface area contributed by atoms with Gasteiger partial charge in [0.1, 0.15) is 0 Å². The second-order valence-corrected chi connectivity index (χ2v) is 5.58. The molecule has 1 aromatic carbocycles. The molecule has 1 aromatic rings. The number of benzene rings is 1. The standard InChI is InChI=1S/C14H22N2O2/c1-5-6-7-11-10-12(16(17)18)8-9-13(11)15-14(2,3)4/h8-10,15H,5-7H2,1-4H3. The van der Waals surface area contributed by atoms with Crippen LogP contribution in [0.1, 0.15) is 46.1 Å². The molecule has 1 rings (SSSR count). The van der Waals surface area contributed by atoms with Crippen molar-refractivity contribution in [1.82, 2.24) is 0 Å². The number of nitro groups is 1. The van der Waals surface area contributed by atoms with E-state index < -0.39 is 0 Å². The number of anilines is 1. The van der Waals surface area contributed by atoms with E-state index in [1.54, 1.807) is 12.1 Å². The fourth-order valence-electron chi connectivity index (χ4n) is 1.79. The van der Waals surface area contributed by atoms with E-state index in [0.29, 0.717) is 0 Å². The number of hydrogen-bond acceptors (Lipinski definition) is 3. The molecule has 0 fully saturated rings. The molecule has 0 spiro atoms. The summed E-state index contributed by atoms with van der Waals surface area (Å²) in [4.78, 5) is 10.5. The number of hydrogen-bond donors (Lipinski definition) is 1. The zero-order valence-corrected chi connectivity index (χ0v) is 11.6. The van der Waals surface area contributed by atoms with Crippen LogP contribution in [0.3, 0.4) is 0 Å². The number of unbranched alkanes of at least 4 members (excludes halogenated alkanes) is 1. The zero-order valence-electron chi connectivity index (χ0n) is 11.6. The Labute approximate surface area is 109 Å². The van der Waals surface area contributed by atoms with E-state index in [0.717, 1.165) is 30.5 Å². The summed E-state index contributed by atoms with van der Waals surface area (Å²) in [6.45, 7) is 8.36. The minimum Gasteiger partial charge on any atom is -0.380 e. The molecule has 100 valence electrons. The smallest absolute Gasteiger partial charge is 0.269 e. The van der Waals surface area contributed by atoms with Gasteiger partial charge in [-0.05, 0) is 45.2 Å². The number of rotatable bonds is 5. The van der Waals surface area contributed by atoms with Gasteiger partial charge in [0.15, 0.2) is 0 Å². The van der Waals surface area contributed by atoms with Crippen LogP contribution in [0.4, 0.5) is 11.4 Å². The quantitative estimate of drug-likeness (QED) is 0.631. The second kappa shape index (κ2) is 5.85. The first-order chi connectivity index (χ1) is 8.33. The second-order valence-electron chi connectivity index (χ2n) is 5.58. The minimum absolute atomic E-state index is 0.0445. The van der Waals surface area contributed by atoms with Crippen LogP contribution in [0.15, 0.2) is 18.2 Å². The fourth-order valence-corrected chi connectivity index (χ4v) is 1.79. The van der Waals surface area contributed by atoms with Gasteiger partial charge in [0.05, 0.1) is 4.92 Å². The Morgan fingerprint density at radius 2 is 2.00 bits per heavy atom. The third-order valence-electron chi connectivity index (χ3n) is 2.61. The molecule has 0 heterocycles. The molecule has 0 saturated heterocycles. The lowest BCUT2D eigenvalue weighted by molar-refractivity contribution is -0.384. The van der Waals surface area contributed by atoms with Crippen molar-refractivity contribution in [2.24, 2.45) is 0 Å². The highest BCUT2D eigenvalue weighted by Gasteiger charge is 2.15. The molecule has 0 radical (unpaired) electrons. The number of aryl methyl sites for hydroxylation is 1. The van der Waals surface area contributed by atoms with Gasteiger partial charge < -0.3 is 5.32 Å². The number of nitro benzene ring substituents is 1. The average Bonchev–Trinajstić information content (AvgIpc) is 2.25. The van der Waals surface area contributed by atoms with Crippen molar-refractivity contribution in [1.29, 1.82) is 0 Å². The molecule has 0 aromatic heterocycles. The predicted molar refractivity (Wildman–Crippen MR) is 75.1 cm³/mol. The van der Waals surface area contributed by atoms with Crippen LogP contribution < -0.4 is 5.32 Å². The van der Waals surface area contributed by atoms with E-state index in [-0.39, 0.29) is 16.1 Å². The van der Waals surface area contributed by atoms with Crippen LogP contribution >= 0.6 is 0 Å². The van der Waals surface area contributed by atoms with E-state index in [1.807, 2.05) is 6.07 Å². The number of non-ortho nitro benzene ring substituents is 1. The molecular formula is C14H22N2O2. The molecule has 0 amide bonds. The lowest BCUT2D eigenvalue weighted by Crippen LogP contribution is -2.26. The normalized spacial score (nSPS) is 11.3. The molecule has 0 bridgehead atoms.